The summed E-state index contributed by atoms with van der Waals surface area (Å²) in [6.45, 7) is 11.5. The second kappa shape index (κ2) is 11.2. The fourth-order valence-corrected chi connectivity index (χ4v) is 5.40. The molecule has 3 aromatic carbocycles. The van der Waals surface area contributed by atoms with E-state index in [4.69, 9.17) is 9.47 Å². The molecular weight excluding hydrogens is 547 g/mol. The number of anilines is 1. The van der Waals surface area contributed by atoms with Gasteiger partial charge in [-0.3, -0.25) is 10.1 Å². The molecule has 0 aliphatic heterocycles. The Kier molecular flexibility index (Phi) is 7.76. The molecule has 0 atom stereocenters. The van der Waals surface area contributed by atoms with Crippen molar-refractivity contribution in [3.63, 3.8) is 0 Å². The van der Waals surface area contributed by atoms with Crippen LogP contribution in [0.2, 0.25) is 0 Å². The Balaban J connectivity index is 1.37. The third-order valence-electron chi connectivity index (χ3n) is 7.75. The van der Waals surface area contributed by atoms with Gasteiger partial charge in [-0.25, -0.2) is 4.79 Å². The van der Waals surface area contributed by atoms with Crippen molar-refractivity contribution in [3.05, 3.63) is 88.6 Å². The van der Waals surface area contributed by atoms with Gasteiger partial charge in [0, 0.05) is 39.8 Å². The molecule has 5 rings (SSSR count). The lowest BCUT2D eigenvalue weighted by molar-refractivity contribution is -0.137. The van der Waals surface area contributed by atoms with Crippen molar-refractivity contribution >= 4 is 28.5 Å². The van der Waals surface area contributed by atoms with Gasteiger partial charge < -0.3 is 19.4 Å². The van der Waals surface area contributed by atoms with Crippen molar-refractivity contribution in [2.45, 2.75) is 39.3 Å². The minimum Gasteiger partial charge on any atom is -0.492 e. The molecule has 10 heteroatoms. The predicted molar refractivity (Wildman–Crippen MR) is 155 cm³/mol. The smallest absolute Gasteiger partial charge is 0.417 e. The van der Waals surface area contributed by atoms with Crippen LogP contribution < -0.4 is 14.8 Å². The molecule has 0 fully saturated rings. The number of H-pyrrole nitrogens is 1. The van der Waals surface area contributed by atoms with Gasteiger partial charge in [0.05, 0.1) is 11.1 Å². The fourth-order valence-electron chi connectivity index (χ4n) is 5.40. The molecule has 0 radical (unpaired) electrons. The summed E-state index contributed by atoms with van der Waals surface area (Å²) in [4.78, 5) is 31.8. The number of carbonyl (C=O) groups is 2. The molecule has 0 spiro atoms. The van der Waals surface area contributed by atoms with E-state index in [0.29, 0.717) is 40.1 Å². The molecule has 1 aromatic heterocycles. The van der Waals surface area contributed by atoms with Gasteiger partial charge in [-0.1, -0.05) is 39.8 Å². The Bertz CT molecular complexity index is 1650. The van der Waals surface area contributed by atoms with Crippen LogP contribution in [0.5, 0.6) is 11.5 Å². The van der Waals surface area contributed by atoms with E-state index < -0.39 is 23.2 Å². The average Bonchev–Trinajstić information content (AvgIpc) is 3.34. The molecule has 0 unspecified atom stereocenters. The van der Waals surface area contributed by atoms with Crippen LogP contribution in [0.3, 0.4) is 0 Å². The molecule has 220 valence electrons. The number of aromatic amines is 1. The number of hydrogen-bond donors (Lipinski definition) is 2. The molecule has 0 saturated carbocycles. The Morgan fingerprint density at radius 1 is 1.00 bits per heavy atom. The van der Waals surface area contributed by atoms with E-state index >= 15 is 0 Å². The Morgan fingerprint density at radius 2 is 1.76 bits per heavy atom. The van der Waals surface area contributed by atoms with Crippen LogP contribution in [0, 0.1) is 0 Å². The Labute approximate surface area is 241 Å². The molecule has 7 nitrogen and oxygen atoms in total. The second-order valence-corrected chi connectivity index (χ2v) is 10.7. The molecule has 0 bridgehead atoms. The van der Waals surface area contributed by atoms with Crippen molar-refractivity contribution in [1.82, 2.24) is 9.88 Å². The van der Waals surface area contributed by atoms with Crippen molar-refractivity contribution < 1.29 is 32.2 Å². The maximum absolute atomic E-state index is 13.7. The van der Waals surface area contributed by atoms with Gasteiger partial charge in [0.1, 0.15) is 18.1 Å². The lowest BCUT2D eigenvalue weighted by Crippen LogP contribution is -2.30. The zero-order valence-electron chi connectivity index (χ0n) is 23.8. The first-order valence-electron chi connectivity index (χ1n) is 13.8. The third kappa shape index (κ3) is 5.59. The quantitative estimate of drug-likeness (QED) is 0.228. The van der Waals surface area contributed by atoms with E-state index in [0.717, 1.165) is 43.0 Å². The van der Waals surface area contributed by atoms with Crippen LogP contribution in [-0.2, 0) is 11.6 Å². The van der Waals surface area contributed by atoms with Gasteiger partial charge in [-0.15, -0.1) is 0 Å². The molecule has 1 heterocycles. The third-order valence-corrected chi connectivity index (χ3v) is 7.75. The topological polar surface area (TPSA) is 83.7 Å². The maximum atomic E-state index is 13.7. The van der Waals surface area contributed by atoms with E-state index in [1.165, 1.54) is 12.1 Å². The van der Waals surface area contributed by atoms with Crippen LogP contribution in [0.4, 0.5) is 23.7 Å². The van der Waals surface area contributed by atoms with Gasteiger partial charge in [0.25, 0.3) is 0 Å². The number of carbonyl (C=O) groups excluding carboxylic acids is 2. The number of benzene rings is 3. The number of likely N-dealkylation sites (N-methyl/N-ethyl adjacent to an activating group) is 1. The van der Waals surface area contributed by atoms with Crippen LogP contribution in [-0.4, -0.2) is 48.0 Å². The lowest BCUT2D eigenvalue weighted by Gasteiger charge is -2.32. The molecule has 1 aliphatic carbocycles. The molecule has 0 saturated heterocycles. The highest BCUT2D eigenvalue weighted by atomic mass is 19.4. The summed E-state index contributed by atoms with van der Waals surface area (Å²) < 4.78 is 50.1. The number of alkyl halides is 3. The number of ketones is 1. The first-order valence-corrected chi connectivity index (χ1v) is 13.8. The number of halogens is 3. The number of nitrogens with one attached hydrogen (secondary N) is 2. The van der Waals surface area contributed by atoms with Crippen LogP contribution >= 0.6 is 0 Å². The molecule has 42 heavy (non-hydrogen) atoms. The standard InChI is InChI=1S/C32H32F3N3O4/c1-5-38(6-2)14-15-41-21-11-13-23-25(18-21)31(3,4)29-27(28(23)39)24-12-10-20(17-26(24)37-29)36-30(40)42-22-9-7-8-19(16-22)32(33,34)35/h7-13,16-18,37H,5-6,14-15H2,1-4H3,(H,36,40). The van der Waals surface area contributed by atoms with E-state index in [1.807, 2.05) is 32.0 Å². The number of nitrogens with zero attached hydrogens (tertiary/aromatic N) is 1. The zero-order chi connectivity index (χ0) is 30.2. The Hall–Kier alpha value is -4.31. The predicted octanol–water partition coefficient (Wildman–Crippen LogP) is 7.39. The molecule has 2 N–H and O–H groups in total. The summed E-state index contributed by atoms with van der Waals surface area (Å²) >= 11 is 0. The number of rotatable bonds is 8. The van der Waals surface area contributed by atoms with Gasteiger partial charge in [-0.2, -0.15) is 13.2 Å². The largest absolute Gasteiger partial charge is 0.492 e. The van der Waals surface area contributed by atoms with Crippen molar-refractivity contribution in [2.24, 2.45) is 0 Å². The van der Waals surface area contributed by atoms with Crippen molar-refractivity contribution in [2.75, 3.05) is 31.6 Å². The summed E-state index contributed by atoms with van der Waals surface area (Å²) in [7, 11) is 0. The first-order chi connectivity index (χ1) is 19.9. The summed E-state index contributed by atoms with van der Waals surface area (Å²) in [6, 6.07) is 14.7. The number of aromatic nitrogens is 1. The van der Waals surface area contributed by atoms with Gasteiger partial charge in [-0.05, 0) is 67.2 Å². The summed E-state index contributed by atoms with van der Waals surface area (Å²) in [6.07, 6.45) is -5.50. The SMILES string of the molecule is CCN(CC)CCOc1ccc2c(c1)C(C)(C)c1[nH]c3cc(NC(=O)Oc4cccc(C(F)(F)F)c4)ccc3c1C2=O. The summed E-state index contributed by atoms with van der Waals surface area (Å²) in [5.41, 5.74) is 2.29. The maximum Gasteiger partial charge on any atom is 0.417 e. The Morgan fingerprint density at radius 3 is 2.48 bits per heavy atom. The number of amides is 1. The van der Waals surface area contributed by atoms with E-state index in [-0.39, 0.29) is 11.5 Å². The van der Waals surface area contributed by atoms with Crippen LogP contribution in [0.15, 0.2) is 60.7 Å². The summed E-state index contributed by atoms with van der Waals surface area (Å²) in [5.74, 6) is 0.359. The van der Waals surface area contributed by atoms with Gasteiger partial charge in [0.2, 0.25) is 0 Å². The lowest BCUT2D eigenvalue weighted by atomic mass is 9.71. The average molecular weight is 580 g/mol. The van der Waals surface area contributed by atoms with E-state index in [2.05, 4.69) is 29.0 Å². The van der Waals surface area contributed by atoms with Crippen LogP contribution in [0.25, 0.3) is 10.9 Å². The summed E-state index contributed by atoms with van der Waals surface area (Å²) in [5, 5.41) is 3.25. The van der Waals surface area contributed by atoms with Crippen molar-refractivity contribution in [1.29, 1.82) is 0 Å². The number of hydrogen-bond acceptors (Lipinski definition) is 5. The highest BCUT2D eigenvalue weighted by molar-refractivity contribution is 6.20. The van der Waals surface area contributed by atoms with E-state index in [9.17, 15) is 22.8 Å². The highest BCUT2D eigenvalue weighted by Crippen LogP contribution is 2.45. The minimum absolute atomic E-state index is 0.107. The number of ether oxygens (including phenoxy) is 2. The normalized spacial score (nSPS) is 14.0. The van der Waals surface area contributed by atoms with Crippen molar-refractivity contribution in [3.8, 4) is 11.5 Å². The second-order valence-electron chi connectivity index (χ2n) is 10.7. The van der Waals surface area contributed by atoms with Gasteiger partial charge >= 0.3 is 12.3 Å². The fraction of sp³-hybridized carbons (Fsp3) is 0.312. The molecular formula is C32H32F3N3O4. The molecule has 1 aliphatic rings. The highest BCUT2D eigenvalue weighted by Gasteiger charge is 2.40. The minimum atomic E-state index is -4.56. The molecule has 4 aromatic rings. The van der Waals surface area contributed by atoms with Gasteiger partial charge in [0.15, 0.2) is 5.78 Å². The van der Waals surface area contributed by atoms with E-state index in [1.54, 1.807) is 18.2 Å². The number of fused-ring (bicyclic) bond motifs is 4. The van der Waals surface area contributed by atoms with Crippen LogP contribution in [0.1, 0.15) is 60.4 Å². The molecule has 1 amide bonds. The monoisotopic (exact) mass is 579 g/mol. The first kappa shape index (κ1) is 29.2. The zero-order valence-corrected chi connectivity index (χ0v) is 23.8.